The first-order valence-electron chi connectivity index (χ1n) is 6.97. The monoisotopic (exact) mass is 309 g/mol. The number of nitriles is 1. The predicted octanol–water partition coefficient (Wildman–Crippen LogP) is 2.97. The first-order chi connectivity index (χ1) is 11.0. The van der Waals surface area contributed by atoms with E-state index in [0.29, 0.717) is 5.56 Å². The van der Waals surface area contributed by atoms with E-state index < -0.39 is 5.97 Å². The van der Waals surface area contributed by atoms with Crippen molar-refractivity contribution >= 4 is 11.8 Å². The van der Waals surface area contributed by atoms with E-state index in [1.54, 1.807) is 0 Å². The van der Waals surface area contributed by atoms with Crippen molar-refractivity contribution < 1.29 is 19.4 Å². The first kappa shape index (κ1) is 16.2. The molecule has 0 bridgehead atoms. The van der Waals surface area contributed by atoms with Crippen molar-refractivity contribution in [2.45, 2.75) is 20.0 Å². The highest BCUT2D eigenvalue weighted by Crippen LogP contribution is 2.25. The molecule has 0 aliphatic rings. The summed E-state index contributed by atoms with van der Waals surface area (Å²) in [4.78, 5) is 22.6. The fraction of sp³-hybridized carbons (Fsp3) is 0.167. The lowest BCUT2D eigenvalue weighted by molar-refractivity contribution is -0.136. The SMILES string of the molecule is CC(=O)c1cc(C#N)c(OCc2ccccc2)cc1CC(=O)O. The van der Waals surface area contributed by atoms with Gasteiger partial charge in [0, 0.05) is 5.56 Å². The molecule has 2 aromatic carbocycles. The lowest BCUT2D eigenvalue weighted by atomic mass is 9.98. The molecule has 5 heteroatoms. The largest absolute Gasteiger partial charge is 0.488 e. The van der Waals surface area contributed by atoms with Gasteiger partial charge in [-0.2, -0.15) is 5.26 Å². The van der Waals surface area contributed by atoms with Crippen LogP contribution in [0.2, 0.25) is 0 Å². The average molecular weight is 309 g/mol. The van der Waals surface area contributed by atoms with Gasteiger partial charge < -0.3 is 9.84 Å². The number of rotatable bonds is 6. The Kier molecular flexibility index (Phi) is 5.11. The number of carbonyl (C=O) groups is 2. The molecule has 1 N–H and O–H groups in total. The number of hydrogen-bond acceptors (Lipinski definition) is 4. The summed E-state index contributed by atoms with van der Waals surface area (Å²) >= 11 is 0. The van der Waals surface area contributed by atoms with E-state index in [2.05, 4.69) is 0 Å². The fourth-order valence-electron chi connectivity index (χ4n) is 2.20. The van der Waals surface area contributed by atoms with E-state index in [0.717, 1.165) is 5.56 Å². The third kappa shape index (κ3) is 4.17. The maximum Gasteiger partial charge on any atom is 0.307 e. The van der Waals surface area contributed by atoms with Gasteiger partial charge >= 0.3 is 5.97 Å². The number of ether oxygens (including phenoxy) is 1. The zero-order chi connectivity index (χ0) is 16.8. The highest BCUT2D eigenvalue weighted by Gasteiger charge is 2.16. The molecule has 0 fully saturated rings. The molecule has 0 aliphatic carbocycles. The van der Waals surface area contributed by atoms with E-state index in [9.17, 15) is 14.9 Å². The standard InChI is InChI=1S/C18H15NO4/c1-12(20)16-7-15(10-19)17(8-14(16)9-18(21)22)23-11-13-5-3-2-4-6-13/h2-8H,9,11H2,1H3,(H,21,22). The topological polar surface area (TPSA) is 87.4 Å². The van der Waals surface area contributed by atoms with Gasteiger partial charge in [-0.1, -0.05) is 30.3 Å². The molecule has 0 amide bonds. The average Bonchev–Trinajstić information content (AvgIpc) is 2.53. The Morgan fingerprint density at radius 2 is 1.91 bits per heavy atom. The van der Waals surface area contributed by atoms with Crippen LogP contribution in [-0.4, -0.2) is 16.9 Å². The lowest BCUT2D eigenvalue weighted by Gasteiger charge is -2.12. The van der Waals surface area contributed by atoms with Crippen molar-refractivity contribution in [1.82, 2.24) is 0 Å². The third-order valence-electron chi connectivity index (χ3n) is 3.28. The van der Waals surface area contributed by atoms with Crippen LogP contribution in [0.15, 0.2) is 42.5 Å². The molecule has 0 aliphatic heterocycles. The molecule has 0 aromatic heterocycles. The minimum Gasteiger partial charge on any atom is -0.488 e. The molecule has 116 valence electrons. The summed E-state index contributed by atoms with van der Waals surface area (Å²) in [5, 5.41) is 18.2. The van der Waals surface area contributed by atoms with Crippen LogP contribution in [0, 0.1) is 11.3 Å². The second-order valence-corrected chi connectivity index (χ2v) is 5.02. The number of carbonyl (C=O) groups excluding carboxylic acids is 1. The summed E-state index contributed by atoms with van der Waals surface area (Å²) in [6.07, 6.45) is -0.303. The highest BCUT2D eigenvalue weighted by molar-refractivity contribution is 5.97. The number of aliphatic carboxylic acids is 1. The van der Waals surface area contributed by atoms with E-state index in [4.69, 9.17) is 9.84 Å². The van der Waals surface area contributed by atoms with Crippen LogP contribution in [0.5, 0.6) is 5.75 Å². The van der Waals surface area contributed by atoms with Crippen molar-refractivity contribution in [3.05, 3.63) is 64.7 Å². The van der Waals surface area contributed by atoms with Gasteiger partial charge in [0.2, 0.25) is 0 Å². The summed E-state index contributed by atoms with van der Waals surface area (Å²) in [5.41, 5.74) is 1.70. The Balaban J connectivity index is 2.36. The Bertz CT molecular complexity index is 776. The molecular formula is C18H15NO4. The summed E-state index contributed by atoms with van der Waals surface area (Å²) in [6.45, 7) is 1.59. The zero-order valence-electron chi connectivity index (χ0n) is 12.6. The van der Waals surface area contributed by atoms with Crippen molar-refractivity contribution in [3.63, 3.8) is 0 Å². The Morgan fingerprint density at radius 3 is 2.48 bits per heavy atom. The van der Waals surface area contributed by atoms with Crippen molar-refractivity contribution in [2.75, 3.05) is 0 Å². The van der Waals surface area contributed by atoms with Gasteiger partial charge in [0.05, 0.1) is 12.0 Å². The molecular weight excluding hydrogens is 294 g/mol. The first-order valence-corrected chi connectivity index (χ1v) is 6.97. The van der Waals surface area contributed by atoms with Gasteiger partial charge in [0.1, 0.15) is 18.4 Å². The van der Waals surface area contributed by atoms with Crippen LogP contribution < -0.4 is 4.74 Å². The zero-order valence-corrected chi connectivity index (χ0v) is 12.6. The maximum atomic E-state index is 11.7. The molecule has 23 heavy (non-hydrogen) atoms. The Labute approximate surface area is 133 Å². The smallest absolute Gasteiger partial charge is 0.307 e. The van der Waals surface area contributed by atoms with Gasteiger partial charge in [-0.15, -0.1) is 0 Å². The summed E-state index contributed by atoms with van der Waals surface area (Å²) < 4.78 is 5.64. The maximum absolute atomic E-state index is 11.7. The number of carboxylic acids is 1. The van der Waals surface area contributed by atoms with E-state index >= 15 is 0 Å². The number of Topliss-reactive ketones (excluding diaryl/α,β-unsaturated/α-hetero) is 1. The normalized spacial score (nSPS) is 9.91. The second kappa shape index (κ2) is 7.23. The summed E-state index contributed by atoms with van der Waals surface area (Å²) in [7, 11) is 0. The van der Waals surface area contributed by atoms with E-state index in [1.807, 2.05) is 36.4 Å². The number of benzene rings is 2. The van der Waals surface area contributed by atoms with Crippen LogP contribution in [0.25, 0.3) is 0 Å². The number of ketones is 1. The minimum absolute atomic E-state index is 0.209. The molecule has 0 saturated carbocycles. The van der Waals surface area contributed by atoms with Gasteiger partial charge in [-0.25, -0.2) is 0 Å². The molecule has 0 radical (unpaired) electrons. The van der Waals surface area contributed by atoms with Crippen LogP contribution in [0.3, 0.4) is 0 Å². The third-order valence-corrected chi connectivity index (χ3v) is 3.28. The number of hydrogen-bond donors (Lipinski definition) is 1. The van der Waals surface area contributed by atoms with E-state index in [1.165, 1.54) is 19.1 Å². The Morgan fingerprint density at radius 1 is 1.22 bits per heavy atom. The van der Waals surface area contributed by atoms with Crippen LogP contribution >= 0.6 is 0 Å². The quantitative estimate of drug-likeness (QED) is 0.829. The van der Waals surface area contributed by atoms with Crippen LogP contribution in [0.4, 0.5) is 0 Å². The predicted molar refractivity (Wildman–Crippen MR) is 83.3 cm³/mol. The highest BCUT2D eigenvalue weighted by atomic mass is 16.5. The van der Waals surface area contributed by atoms with E-state index in [-0.39, 0.29) is 35.7 Å². The molecule has 5 nitrogen and oxygen atoms in total. The van der Waals surface area contributed by atoms with Crippen LogP contribution in [0.1, 0.15) is 34.0 Å². The molecule has 0 atom stereocenters. The summed E-state index contributed by atoms with van der Waals surface area (Å²) in [6, 6.07) is 14.2. The molecule has 0 unspecified atom stereocenters. The molecule has 0 saturated heterocycles. The van der Waals surface area contributed by atoms with Crippen molar-refractivity contribution in [3.8, 4) is 11.8 Å². The fourth-order valence-corrected chi connectivity index (χ4v) is 2.20. The number of nitrogens with zero attached hydrogens (tertiary/aromatic N) is 1. The second-order valence-electron chi connectivity index (χ2n) is 5.02. The van der Waals surface area contributed by atoms with Gasteiger partial charge in [-0.05, 0) is 30.2 Å². The molecule has 2 aromatic rings. The minimum atomic E-state index is -1.05. The molecule has 0 heterocycles. The number of carboxylic acid groups (broad SMARTS) is 1. The lowest BCUT2D eigenvalue weighted by Crippen LogP contribution is -2.08. The van der Waals surface area contributed by atoms with Gasteiger partial charge in [0.15, 0.2) is 5.78 Å². The van der Waals surface area contributed by atoms with Crippen molar-refractivity contribution in [2.24, 2.45) is 0 Å². The summed E-state index contributed by atoms with van der Waals surface area (Å²) in [5.74, 6) is -1.06. The molecule has 2 rings (SSSR count). The van der Waals surface area contributed by atoms with Gasteiger partial charge in [0.25, 0.3) is 0 Å². The van der Waals surface area contributed by atoms with Crippen molar-refractivity contribution in [1.29, 1.82) is 5.26 Å². The van der Waals surface area contributed by atoms with Gasteiger partial charge in [-0.3, -0.25) is 9.59 Å². The Hall–Kier alpha value is -3.13. The van der Waals surface area contributed by atoms with Crippen LogP contribution in [-0.2, 0) is 17.8 Å². The molecule has 0 spiro atoms.